The Hall–Kier alpha value is -2.61. The second-order valence-electron chi connectivity index (χ2n) is 7.70. The van der Waals surface area contributed by atoms with Gasteiger partial charge in [-0.05, 0) is 44.1 Å². The number of likely N-dealkylation sites (N-methyl/N-ethyl adjacent to an activating group) is 1. The molecule has 1 aromatic carbocycles. The molecule has 0 radical (unpaired) electrons. The van der Waals surface area contributed by atoms with Crippen LogP contribution < -0.4 is 10.6 Å². The predicted octanol–water partition coefficient (Wildman–Crippen LogP) is 1.65. The summed E-state index contributed by atoms with van der Waals surface area (Å²) in [7, 11) is 3.98. The predicted molar refractivity (Wildman–Crippen MR) is 109 cm³/mol. The highest BCUT2D eigenvalue weighted by Gasteiger charge is 2.14. The van der Waals surface area contributed by atoms with E-state index in [1.165, 1.54) is 0 Å². The number of aromatic hydroxyl groups is 1. The van der Waals surface area contributed by atoms with Crippen molar-refractivity contribution in [2.24, 2.45) is 5.92 Å². The number of phenols is 1. The molecule has 8 nitrogen and oxygen atoms in total. The minimum absolute atomic E-state index is 0.159. The highest BCUT2D eigenvalue weighted by Crippen LogP contribution is 2.12. The molecule has 0 aliphatic heterocycles. The molecule has 0 saturated heterocycles. The van der Waals surface area contributed by atoms with Crippen LogP contribution in [0.3, 0.4) is 0 Å². The summed E-state index contributed by atoms with van der Waals surface area (Å²) in [6.07, 6.45) is 3.36. The van der Waals surface area contributed by atoms with Crippen molar-refractivity contribution in [1.29, 1.82) is 0 Å². The summed E-state index contributed by atoms with van der Waals surface area (Å²) in [5, 5.41) is 23.4. The molecule has 1 atom stereocenters. The Morgan fingerprint density at radius 2 is 1.93 bits per heavy atom. The maximum atomic E-state index is 12.1. The summed E-state index contributed by atoms with van der Waals surface area (Å²) in [4.78, 5) is 14.2. The summed E-state index contributed by atoms with van der Waals surface area (Å²) < 4.78 is 1.84. The zero-order chi connectivity index (χ0) is 20.5. The van der Waals surface area contributed by atoms with E-state index < -0.39 is 0 Å². The van der Waals surface area contributed by atoms with Crippen molar-refractivity contribution in [2.75, 3.05) is 27.2 Å². The number of phenolic OH excluding ortho intramolecular Hbond substituents is 1. The first-order valence-electron chi connectivity index (χ1n) is 9.68. The van der Waals surface area contributed by atoms with Crippen molar-refractivity contribution in [3.8, 4) is 5.75 Å². The molecule has 1 heterocycles. The van der Waals surface area contributed by atoms with Gasteiger partial charge in [0.25, 0.3) is 0 Å². The fourth-order valence-electron chi connectivity index (χ4n) is 2.83. The van der Waals surface area contributed by atoms with Gasteiger partial charge < -0.3 is 20.6 Å². The average molecular weight is 389 g/mol. The first-order chi connectivity index (χ1) is 13.3. The highest BCUT2D eigenvalue weighted by molar-refractivity contribution is 5.73. The fourth-order valence-corrected chi connectivity index (χ4v) is 2.83. The zero-order valence-electron chi connectivity index (χ0n) is 17.2. The van der Waals surface area contributed by atoms with Gasteiger partial charge in [0.1, 0.15) is 5.75 Å². The van der Waals surface area contributed by atoms with Gasteiger partial charge in [-0.3, -0.25) is 4.68 Å². The fraction of sp³-hybridized carbons (Fsp3) is 0.550. The number of aromatic nitrogens is 3. The van der Waals surface area contributed by atoms with Crippen LogP contribution in [0.25, 0.3) is 0 Å². The van der Waals surface area contributed by atoms with Crippen LogP contribution in [-0.4, -0.2) is 64.3 Å². The summed E-state index contributed by atoms with van der Waals surface area (Å²) in [6, 6.07) is 7.13. The maximum Gasteiger partial charge on any atom is 0.314 e. The van der Waals surface area contributed by atoms with Gasteiger partial charge in [0, 0.05) is 38.3 Å². The van der Waals surface area contributed by atoms with E-state index in [4.69, 9.17) is 0 Å². The Bertz CT molecular complexity index is 727. The SMILES string of the molecule is CC(C)Cn1cc(CCNC(=O)NC[C@H](Cc2ccc(O)cc2)N(C)C)nn1. The van der Waals surface area contributed by atoms with Gasteiger partial charge in [0.2, 0.25) is 0 Å². The standard InChI is InChI=1S/C20H32N6O2/c1-15(2)13-26-14-17(23-24-26)9-10-21-20(28)22-12-18(25(3)4)11-16-5-7-19(27)8-6-16/h5-8,14-15,18,27H,9-13H2,1-4H3,(H2,21,22,28)/t18-/m0/s1. The van der Waals surface area contributed by atoms with Crippen molar-refractivity contribution >= 4 is 6.03 Å². The Morgan fingerprint density at radius 1 is 1.21 bits per heavy atom. The molecule has 0 bridgehead atoms. The second-order valence-corrected chi connectivity index (χ2v) is 7.70. The molecule has 2 rings (SSSR count). The Kier molecular flexibility index (Phi) is 8.25. The summed E-state index contributed by atoms with van der Waals surface area (Å²) in [5.74, 6) is 0.775. The van der Waals surface area contributed by atoms with Gasteiger partial charge in [-0.1, -0.05) is 31.2 Å². The number of carbonyl (C=O) groups excluding carboxylic acids is 1. The van der Waals surface area contributed by atoms with Crippen molar-refractivity contribution in [2.45, 2.75) is 39.3 Å². The third-order valence-corrected chi connectivity index (χ3v) is 4.44. The lowest BCUT2D eigenvalue weighted by Crippen LogP contribution is -2.45. The lowest BCUT2D eigenvalue weighted by molar-refractivity contribution is 0.232. The van der Waals surface area contributed by atoms with E-state index in [1.807, 2.05) is 37.1 Å². The minimum Gasteiger partial charge on any atom is -0.508 e. The Balaban J connectivity index is 1.72. The van der Waals surface area contributed by atoms with Crippen LogP contribution in [0.1, 0.15) is 25.1 Å². The summed E-state index contributed by atoms with van der Waals surface area (Å²) >= 11 is 0. The lowest BCUT2D eigenvalue weighted by atomic mass is 10.1. The molecule has 1 aromatic heterocycles. The van der Waals surface area contributed by atoms with Gasteiger partial charge in [-0.2, -0.15) is 0 Å². The van der Waals surface area contributed by atoms with Gasteiger partial charge in [0.05, 0.1) is 5.69 Å². The van der Waals surface area contributed by atoms with Gasteiger partial charge in [0.15, 0.2) is 0 Å². The minimum atomic E-state index is -0.188. The van der Waals surface area contributed by atoms with Crippen molar-refractivity contribution in [3.05, 3.63) is 41.7 Å². The van der Waals surface area contributed by atoms with E-state index in [-0.39, 0.29) is 17.8 Å². The number of carbonyl (C=O) groups is 1. The van der Waals surface area contributed by atoms with Crippen LogP contribution in [0.2, 0.25) is 0 Å². The number of amides is 2. The molecule has 2 aromatic rings. The van der Waals surface area contributed by atoms with E-state index in [0.717, 1.165) is 24.2 Å². The molecule has 28 heavy (non-hydrogen) atoms. The van der Waals surface area contributed by atoms with E-state index in [1.54, 1.807) is 12.1 Å². The first-order valence-corrected chi connectivity index (χ1v) is 9.68. The number of urea groups is 1. The Morgan fingerprint density at radius 3 is 2.57 bits per heavy atom. The van der Waals surface area contributed by atoms with Crippen LogP contribution in [0.4, 0.5) is 4.79 Å². The summed E-state index contributed by atoms with van der Waals surface area (Å²) in [6.45, 7) is 6.15. The van der Waals surface area contributed by atoms with Gasteiger partial charge in [-0.25, -0.2) is 4.79 Å². The van der Waals surface area contributed by atoms with E-state index in [0.29, 0.717) is 25.4 Å². The van der Waals surface area contributed by atoms with Crippen molar-refractivity contribution in [1.82, 2.24) is 30.5 Å². The largest absolute Gasteiger partial charge is 0.508 e. The van der Waals surface area contributed by atoms with Crippen molar-refractivity contribution < 1.29 is 9.90 Å². The number of hydrogen-bond donors (Lipinski definition) is 3. The Labute approximate surface area is 166 Å². The molecule has 154 valence electrons. The normalized spacial score (nSPS) is 12.4. The quantitative estimate of drug-likeness (QED) is 0.575. The molecule has 0 spiro atoms. The molecule has 0 unspecified atom stereocenters. The molecule has 8 heteroatoms. The highest BCUT2D eigenvalue weighted by atomic mass is 16.3. The lowest BCUT2D eigenvalue weighted by Gasteiger charge is -2.25. The van der Waals surface area contributed by atoms with E-state index in [9.17, 15) is 9.90 Å². The van der Waals surface area contributed by atoms with E-state index >= 15 is 0 Å². The zero-order valence-corrected chi connectivity index (χ0v) is 17.2. The molecule has 0 aliphatic carbocycles. The third-order valence-electron chi connectivity index (χ3n) is 4.44. The average Bonchev–Trinajstić information content (AvgIpc) is 3.06. The maximum absolute atomic E-state index is 12.1. The molecule has 0 fully saturated rings. The monoisotopic (exact) mass is 388 g/mol. The number of nitrogens with one attached hydrogen (secondary N) is 2. The van der Waals surface area contributed by atoms with E-state index in [2.05, 4.69) is 39.7 Å². The number of hydrogen-bond acceptors (Lipinski definition) is 5. The molecule has 2 amide bonds. The van der Waals surface area contributed by atoms with Gasteiger partial charge in [-0.15, -0.1) is 5.10 Å². The van der Waals surface area contributed by atoms with Crippen LogP contribution in [0.15, 0.2) is 30.5 Å². The number of benzene rings is 1. The number of nitrogens with zero attached hydrogens (tertiary/aromatic N) is 4. The van der Waals surface area contributed by atoms with Crippen LogP contribution >= 0.6 is 0 Å². The third kappa shape index (κ3) is 7.56. The second kappa shape index (κ2) is 10.7. The smallest absolute Gasteiger partial charge is 0.314 e. The first kappa shape index (κ1) is 21.7. The van der Waals surface area contributed by atoms with Crippen LogP contribution in [-0.2, 0) is 19.4 Å². The van der Waals surface area contributed by atoms with Gasteiger partial charge >= 0.3 is 6.03 Å². The molecule has 0 aliphatic rings. The van der Waals surface area contributed by atoms with Crippen LogP contribution in [0.5, 0.6) is 5.75 Å². The number of rotatable bonds is 10. The molecule has 3 N–H and O–H groups in total. The summed E-state index contributed by atoms with van der Waals surface area (Å²) in [5.41, 5.74) is 1.99. The molecular formula is C20H32N6O2. The van der Waals surface area contributed by atoms with Crippen LogP contribution in [0, 0.1) is 5.92 Å². The molecular weight excluding hydrogens is 356 g/mol. The van der Waals surface area contributed by atoms with Crippen molar-refractivity contribution in [3.63, 3.8) is 0 Å². The molecule has 0 saturated carbocycles. The topological polar surface area (TPSA) is 95.3 Å².